The Hall–Kier alpha value is -10.4. The van der Waals surface area contributed by atoms with E-state index in [0.29, 0.717) is 70.9 Å². The van der Waals surface area contributed by atoms with Crippen LogP contribution in [0.5, 0.6) is 0 Å². The van der Waals surface area contributed by atoms with Gasteiger partial charge in [-0.3, -0.25) is 9.13 Å². The highest BCUT2D eigenvalue weighted by molar-refractivity contribution is 5.90. The molecule has 19 heteroatoms. The van der Waals surface area contributed by atoms with Gasteiger partial charge in [0.15, 0.2) is 52.0 Å². The first-order chi connectivity index (χ1) is 46.8. The Morgan fingerprint density at radius 3 is 1.26 bits per heavy atom. The molecule has 4 aromatic heterocycles. The summed E-state index contributed by atoms with van der Waals surface area (Å²) in [6.07, 6.45) is 4.83. The molecule has 0 aliphatic carbocycles. The van der Waals surface area contributed by atoms with Gasteiger partial charge in [-0.05, 0) is 78.6 Å². The third kappa shape index (κ3) is 12.6. The van der Waals surface area contributed by atoms with Crippen molar-refractivity contribution in [3.8, 4) is 0 Å². The van der Waals surface area contributed by atoms with Gasteiger partial charge in [-0.2, -0.15) is 19.9 Å². The summed E-state index contributed by atoms with van der Waals surface area (Å²) in [6, 6.07) is 70.4. The van der Waals surface area contributed by atoms with Crippen LogP contribution < -0.4 is 21.3 Å². The Bertz CT molecular complexity index is 4200. The number of anilines is 4. The molecular formula is C77H80N12O7. The Morgan fingerprint density at radius 2 is 0.917 bits per heavy atom. The maximum absolute atomic E-state index is 13.6. The van der Waals surface area contributed by atoms with Gasteiger partial charge >= 0.3 is 5.97 Å². The lowest BCUT2D eigenvalue weighted by Gasteiger charge is -2.37. The summed E-state index contributed by atoms with van der Waals surface area (Å²) in [5.74, 6) is 1.20. The summed E-state index contributed by atoms with van der Waals surface area (Å²) in [5, 5.41) is 46.1. The van der Waals surface area contributed by atoms with E-state index in [0.717, 1.165) is 46.2 Å². The summed E-state index contributed by atoms with van der Waals surface area (Å²) in [4.78, 5) is 43.2. The molecule has 19 nitrogen and oxygen atoms in total. The number of aliphatic hydroxyl groups excluding tert-OH is 2. The molecule has 6 heterocycles. The normalized spacial score (nSPS) is 20.8. The van der Waals surface area contributed by atoms with Crippen molar-refractivity contribution in [3.63, 3.8) is 0 Å². The number of imidazole rings is 2. The van der Waals surface area contributed by atoms with Crippen LogP contribution in [0.4, 0.5) is 23.5 Å². The molecule has 2 saturated heterocycles. The van der Waals surface area contributed by atoms with Crippen molar-refractivity contribution < 1.29 is 34.3 Å². The number of nitrogens with zero attached hydrogens (tertiary/aromatic N) is 8. The molecule has 0 amide bonds. The molecule has 4 unspecified atom stereocenters. The van der Waals surface area contributed by atoms with E-state index in [-0.39, 0.29) is 12.0 Å². The summed E-state index contributed by atoms with van der Waals surface area (Å²) < 4.78 is 22.6. The molecule has 0 radical (unpaired) electrons. The second-order valence-electron chi connectivity index (χ2n) is 24.4. The average molecular weight is 1290 g/mol. The number of aromatic nitrogens is 8. The van der Waals surface area contributed by atoms with Crippen molar-refractivity contribution in [2.24, 2.45) is 5.92 Å². The van der Waals surface area contributed by atoms with E-state index in [4.69, 9.17) is 39.1 Å². The molecule has 13 rings (SSSR count). The van der Waals surface area contributed by atoms with E-state index < -0.39 is 59.5 Å². The molecule has 7 aromatic carbocycles. The SMILES string of the molecule is C=CCCNc1nc(NC(c2ccccc2)(c2ccccc2)c2ccccc2)nc2c1ncn2C1OC(CC)[C@@H](C)[C@@]1(C)OC(=O)c1ccccc1.C=CCCNc1nc(NC(c2ccccc2)(c2ccccc2)c2ccccc2)nc2c1ncn2C1OC(CO)[C@@H](O)[C@@]1(C)O. The number of nitrogens with one attached hydrogen (secondary N) is 4. The Labute approximate surface area is 558 Å². The lowest BCUT2D eigenvalue weighted by Crippen LogP contribution is -2.44. The predicted octanol–water partition coefficient (Wildman–Crippen LogP) is 13.0. The Balaban J connectivity index is 0.000000186. The molecular weight excluding hydrogens is 1200 g/mol. The number of hydrogen-bond donors (Lipinski definition) is 7. The van der Waals surface area contributed by atoms with Crippen molar-refractivity contribution in [1.29, 1.82) is 0 Å². The first-order valence-electron chi connectivity index (χ1n) is 32.5. The molecule has 0 bridgehead atoms. The molecule has 7 N–H and O–H groups in total. The number of benzene rings is 7. The fraction of sp³-hybridized carbons (Fsp3) is 0.260. The van der Waals surface area contributed by atoms with Crippen LogP contribution >= 0.6 is 0 Å². The van der Waals surface area contributed by atoms with Crippen molar-refractivity contribution in [1.82, 2.24) is 39.0 Å². The molecule has 0 saturated carbocycles. The lowest BCUT2D eigenvalue weighted by atomic mass is 9.77. The number of ether oxygens (including phenoxy) is 3. The minimum Gasteiger partial charge on any atom is -0.451 e. The van der Waals surface area contributed by atoms with Crippen LogP contribution in [-0.4, -0.2) is 110 Å². The van der Waals surface area contributed by atoms with E-state index in [9.17, 15) is 20.1 Å². The van der Waals surface area contributed by atoms with Crippen LogP contribution in [0.25, 0.3) is 22.3 Å². The number of aliphatic hydroxyl groups is 3. The third-order valence-corrected chi connectivity index (χ3v) is 18.4. The minimum absolute atomic E-state index is 0.126. The van der Waals surface area contributed by atoms with Gasteiger partial charge in [0.05, 0.1) is 30.9 Å². The van der Waals surface area contributed by atoms with Crippen LogP contribution in [-0.2, 0) is 25.3 Å². The van der Waals surface area contributed by atoms with E-state index in [2.05, 4.69) is 126 Å². The standard InChI is InChI=1S/C43H44N6O3.C34H36N6O4/c1-5-7-28-44-37-36-38(49(29-45-36)40-42(4,30(3)35(6-2)51-40)52-39(50)31-20-12-8-13-21-31)47-41(46-37)48-43(32-22-14-9-15-23-32,33-24-16-10-17-25-33)34-26-18-11-19-27-34;1-3-4-20-35-29-27-30(40(22-36-27)31-33(2,43)28(42)26(21-41)44-31)38-32(37-29)39-34(23-14-8-5-9-15-23,24-16-10-6-11-17-24)25-18-12-7-13-19-25/h5,8-27,29-30,35,40H,1,6-7,28H2,2-4H3,(H2,44,46,47,48);3,5-19,22,26,28,31,41-43H,1,4,20-21H2,2H3,(H2,35,37,38,39)/t30-,35?,40?,42-;26?,28-,31?,33-/m11/s1. The second-order valence-corrected chi connectivity index (χ2v) is 24.4. The highest BCUT2D eigenvalue weighted by Crippen LogP contribution is 2.49. The summed E-state index contributed by atoms with van der Waals surface area (Å²) >= 11 is 0. The highest BCUT2D eigenvalue weighted by Gasteiger charge is 2.56. The van der Waals surface area contributed by atoms with Crippen molar-refractivity contribution in [2.75, 3.05) is 41.0 Å². The van der Waals surface area contributed by atoms with Crippen LogP contribution in [0.3, 0.4) is 0 Å². The number of esters is 1. The summed E-state index contributed by atoms with van der Waals surface area (Å²) in [7, 11) is 0. The fourth-order valence-corrected chi connectivity index (χ4v) is 13.2. The Morgan fingerprint density at radius 1 is 0.562 bits per heavy atom. The first-order valence-corrected chi connectivity index (χ1v) is 32.5. The quantitative estimate of drug-likeness (QED) is 0.0129. The minimum atomic E-state index is -1.72. The second kappa shape index (κ2) is 28.7. The van der Waals surface area contributed by atoms with E-state index in [1.807, 2.05) is 151 Å². The maximum Gasteiger partial charge on any atom is 0.338 e. The van der Waals surface area contributed by atoms with E-state index in [1.54, 1.807) is 23.0 Å². The fourth-order valence-electron chi connectivity index (χ4n) is 13.2. The first kappa shape index (κ1) is 65.6. The van der Waals surface area contributed by atoms with Gasteiger partial charge in [0.2, 0.25) is 11.9 Å². The zero-order chi connectivity index (χ0) is 66.9. The van der Waals surface area contributed by atoms with Crippen LogP contribution in [0.2, 0.25) is 0 Å². The van der Waals surface area contributed by atoms with E-state index in [1.165, 1.54) is 13.3 Å². The third-order valence-electron chi connectivity index (χ3n) is 18.4. The molecule has 8 atom stereocenters. The molecule has 96 heavy (non-hydrogen) atoms. The van der Waals surface area contributed by atoms with Gasteiger partial charge in [-0.15, -0.1) is 13.2 Å². The van der Waals surface area contributed by atoms with Gasteiger partial charge in [0, 0.05) is 19.0 Å². The average Bonchev–Trinajstić information content (AvgIpc) is 1.39. The van der Waals surface area contributed by atoms with Crippen molar-refractivity contribution in [2.45, 2.75) is 100 Å². The zero-order valence-corrected chi connectivity index (χ0v) is 54.2. The largest absolute Gasteiger partial charge is 0.451 e. The molecule has 0 spiro atoms. The van der Waals surface area contributed by atoms with Crippen molar-refractivity contribution >= 4 is 51.8 Å². The van der Waals surface area contributed by atoms with Crippen LogP contribution in [0.15, 0.2) is 250 Å². The number of hydrogen-bond acceptors (Lipinski definition) is 17. The zero-order valence-electron chi connectivity index (χ0n) is 54.2. The highest BCUT2D eigenvalue weighted by atomic mass is 16.6. The van der Waals surface area contributed by atoms with Gasteiger partial charge in [-0.25, -0.2) is 14.8 Å². The van der Waals surface area contributed by atoms with Crippen molar-refractivity contribution in [3.05, 3.63) is 289 Å². The predicted molar refractivity (Wildman–Crippen MR) is 374 cm³/mol. The smallest absolute Gasteiger partial charge is 0.338 e. The molecule has 490 valence electrons. The molecule has 2 fully saturated rings. The van der Waals surface area contributed by atoms with Gasteiger partial charge in [0.25, 0.3) is 0 Å². The lowest BCUT2D eigenvalue weighted by molar-refractivity contribution is -0.0950. The van der Waals surface area contributed by atoms with Gasteiger partial charge in [0.1, 0.15) is 28.9 Å². The topological polar surface area (TPSA) is 241 Å². The van der Waals surface area contributed by atoms with E-state index >= 15 is 0 Å². The van der Waals surface area contributed by atoms with Crippen LogP contribution in [0.1, 0.15) is 103 Å². The number of carbonyl (C=O) groups excluding carboxylic acids is 1. The summed E-state index contributed by atoms with van der Waals surface area (Å²) in [5.41, 5.74) is 3.89. The van der Waals surface area contributed by atoms with Gasteiger partial charge in [-0.1, -0.05) is 226 Å². The summed E-state index contributed by atoms with van der Waals surface area (Å²) in [6.45, 7) is 16.0. The Kier molecular flexibility index (Phi) is 19.6. The molecule has 2 aliphatic rings. The number of fused-ring (bicyclic) bond motifs is 2. The van der Waals surface area contributed by atoms with Crippen LogP contribution in [0, 0.1) is 5.92 Å². The monoisotopic (exact) mass is 1280 g/mol. The van der Waals surface area contributed by atoms with Gasteiger partial charge < -0.3 is 50.8 Å². The maximum atomic E-state index is 13.6. The number of rotatable bonds is 24. The molecule has 11 aromatic rings. The number of carbonyl (C=O) groups is 1. The molecule has 2 aliphatic heterocycles.